The molecule has 7 heteroatoms. The number of aliphatic hydroxyl groups is 1. The topological polar surface area (TPSA) is 80.7 Å². The Kier molecular flexibility index (Phi) is 6.84. The van der Waals surface area contributed by atoms with Crippen LogP contribution in [-0.2, 0) is 4.79 Å². The van der Waals surface area contributed by atoms with Gasteiger partial charge in [0.25, 0.3) is 5.91 Å². The van der Waals surface area contributed by atoms with Gasteiger partial charge in [-0.15, -0.1) is 0 Å². The fourth-order valence-electron chi connectivity index (χ4n) is 2.94. The molecule has 1 aliphatic heterocycles. The molecule has 2 atom stereocenters. The first-order valence-electron chi connectivity index (χ1n) is 7.31. The smallest absolute Gasteiger partial charge is 0.550 e. The summed E-state index contributed by atoms with van der Waals surface area (Å²) < 4.78 is 0. The Morgan fingerprint density at radius 1 is 1.12 bits per heavy atom. The SMILES string of the molecule is O=C([O-])C1CC(O)CN(C(=O)c2ccc3cc(Cl)ccc3c2)C1.[K+]. The molecule has 0 aliphatic carbocycles. The van der Waals surface area contributed by atoms with Crippen LogP contribution in [0.15, 0.2) is 36.4 Å². The van der Waals surface area contributed by atoms with Crippen LogP contribution in [0, 0.1) is 5.92 Å². The van der Waals surface area contributed by atoms with E-state index in [1.165, 1.54) is 4.90 Å². The number of β-amino-alcohol motifs (C(OH)–C–C–N with tert-alkyl or cyclic N) is 1. The van der Waals surface area contributed by atoms with Gasteiger partial charge in [0.2, 0.25) is 0 Å². The van der Waals surface area contributed by atoms with Crippen LogP contribution in [0.4, 0.5) is 0 Å². The van der Waals surface area contributed by atoms with Crippen LogP contribution in [0.5, 0.6) is 0 Å². The fraction of sp³-hybridized carbons (Fsp3) is 0.294. The van der Waals surface area contributed by atoms with E-state index >= 15 is 0 Å². The van der Waals surface area contributed by atoms with Crippen LogP contribution in [0.25, 0.3) is 10.8 Å². The molecule has 2 unspecified atom stereocenters. The van der Waals surface area contributed by atoms with Gasteiger partial charge < -0.3 is 19.9 Å². The van der Waals surface area contributed by atoms with Gasteiger partial charge in [-0.25, -0.2) is 0 Å². The molecule has 1 amide bonds. The molecule has 120 valence electrons. The zero-order chi connectivity index (χ0) is 16.6. The second-order valence-corrected chi connectivity index (χ2v) is 6.26. The van der Waals surface area contributed by atoms with Gasteiger partial charge in [-0.1, -0.05) is 23.7 Å². The van der Waals surface area contributed by atoms with E-state index in [2.05, 4.69) is 0 Å². The Hall–Kier alpha value is -0.474. The van der Waals surface area contributed by atoms with Gasteiger partial charge in [-0.05, 0) is 41.5 Å². The molecular weight excluding hydrogens is 357 g/mol. The number of aliphatic carboxylic acids is 1. The predicted molar refractivity (Wildman–Crippen MR) is 84.0 cm³/mol. The summed E-state index contributed by atoms with van der Waals surface area (Å²) in [6.45, 7) is 0.179. The summed E-state index contributed by atoms with van der Waals surface area (Å²) in [6, 6.07) is 10.6. The average molecular weight is 372 g/mol. The van der Waals surface area contributed by atoms with E-state index < -0.39 is 18.0 Å². The molecule has 0 aromatic heterocycles. The number of carboxylic acid groups (broad SMARTS) is 1. The zero-order valence-electron chi connectivity index (χ0n) is 13.2. The van der Waals surface area contributed by atoms with Crippen molar-refractivity contribution in [1.82, 2.24) is 4.90 Å². The van der Waals surface area contributed by atoms with Gasteiger partial charge >= 0.3 is 51.4 Å². The molecule has 0 bridgehead atoms. The molecule has 3 rings (SSSR count). The van der Waals surface area contributed by atoms with E-state index in [-0.39, 0.29) is 76.8 Å². The number of nitrogens with zero attached hydrogens (tertiary/aromatic N) is 1. The normalized spacial score (nSPS) is 20.5. The maximum absolute atomic E-state index is 12.6. The number of carbonyl (C=O) groups excluding carboxylic acids is 2. The van der Waals surface area contributed by atoms with Crippen LogP contribution in [-0.4, -0.2) is 41.1 Å². The molecule has 1 aliphatic rings. The molecule has 24 heavy (non-hydrogen) atoms. The molecular formula is C17H15ClKNO4. The Morgan fingerprint density at radius 3 is 2.50 bits per heavy atom. The number of likely N-dealkylation sites (tertiary alicyclic amines) is 1. The van der Waals surface area contributed by atoms with Crippen molar-refractivity contribution in [2.24, 2.45) is 5.92 Å². The first-order valence-corrected chi connectivity index (χ1v) is 7.69. The molecule has 2 aromatic rings. The molecule has 0 saturated carbocycles. The molecule has 1 fully saturated rings. The first-order chi connectivity index (χ1) is 10.9. The van der Waals surface area contributed by atoms with Crippen molar-refractivity contribution in [3.05, 3.63) is 47.0 Å². The van der Waals surface area contributed by atoms with E-state index in [0.29, 0.717) is 10.6 Å². The molecule has 2 aromatic carbocycles. The quantitative estimate of drug-likeness (QED) is 0.623. The number of halogens is 1. The Morgan fingerprint density at radius 2 is 1.79 bits per heavy atom. The molecule has 5 nitrogen and oxygen atoms in total. The van der Waals surface area contributed by atoms with Crippen LogP contribution >= 0.6 is 11.6 Å². The minimum atomic E-state index is -1.24. The number of benzene rings is 2. The number of carbonyl (C=O) groups is 2. The minimum absolute atomic E-state index is 0. The van der Waals surface area contributed by atoms with E-state index in [1.807, 2.05) is 12.1 Å². The molecule has 1 heterocycles. The van der Waals surface area contributed by atoms with Gasteiger partial charge in [0.1, 0.15) is 0 Å². The molecule has 0 radical (unpaired) electrons. The first kappa shape index (κ1) is 19.8. The number of fused-ring (bicyclic) bond motifs is 1. The number of rotatable bonds is 2. The van der Waals surface area contributed by atoms with Gasteiger partial charge in [0.15, 0.2) is 0 Å². The Labute approximate surface area is 187 Å². The summed E-state index contributed by atoms with van der Waals surface area (Å²) in [7, 11) is 0. The second kappa shape index (κ2) is 8.27. The molecule has 1 saturated heterocycles. The number of amides is 1. The minimum Gasteiger partial charge on any atom is -0.550 e. The monoisotopic (exact) mass is 371 g/mol. The standard InChI is InChI=1S/C17H16ClNO4.K/c18-14-4-3-10-5-12(2-1-11(10)6-14)16(21)19-8-13(17(22)23)7-15(20)9-19;/h1-6,13,15,20H,7-9H2,(H,22,23);/q;+1/p-1. The van der Waals surface area contributed by atoms with E-state index in [1.54, 1.807) is 24.3 Å². The van der Waals surface area contributed by atoms with E-state index in [9.17, 15) is 19.8 Å². The summed E-state index contributed by atoms with van der Waals surface area (Å²) in [4.78, 5) is 25.0. The van der Waals surface area contributed by atoms with Crippen molar-refractivity contribution in [2.75, 3.05) is 13.1 Å². The van der Waals surface area contributed by atoms with Gasteiger partial charge in [0.05, 0.1) is 6.10 Å². The van der Waals surface area contributed by atoms with Gasteiger partial charge in [-0.2, -0.15) is 0 Å². The third-order valence-corrected chi connectivity index (χ3v) is 4.33. The second-order valence-electron chi connectivity index (χ2n) is 5.82. The number of piperidine rings is 1. The maximum Gasteiger partial charge on any atom is 1.00 e. The van der Waals surface area contributed by atoms with Crippen LogP contribution < -0.4 is 56.5 Å². The molecule has 0 spiro atoms. The van der Waals surface area contributed by atoms with Crippen molar-refractivity contribution in [1.29, 1.82) is 0 Å². The third-order valence-electron chi connectivity index (χ3n) is 4.10. The summed E-state index contributed by atoms with van der Waals surface area (Å²) in [5, 5.41) is 23.2. The summed E-state index contributed by atoms with van der Waals surface area (Å²) >= 11 is 5.94. The fourth-order valence-corrected chi connectivity index (χ4v) is 3.12. The number of carboxylic acids is 1. The number of hydrogen-bond acceptors (Lipinski definition) is 4. The van der Waals surface area contributed by atoms with E-state index in [4.69, 9.17) is 11.6 Å². The number of aliphatic hydroxyl groups excluding tert-OH is 1. The third kappa shape index (κ3) is 4.38. The van der Waals surface area contributed by atoms with Gasteiger partial charge in [-0.3, -0.25) is 4.79 Å². The van der Waals surface area contributed by atoms with Crippen molar-refractivity contribution in [2.45, 2.75) is 12.5 Å². The summed E-state index contributed by atoms with van der Waals surface area (Å²) in [6.07, 6.45) is -0.739. The van der Waals surface area contributed by atoms with Crippen molar-refractivity contribution >= 4 is 34.2 Å². The summed E-state index contributed by atoms with van der Waals surface area (Å²) in [5.41, 5.74) is 0.450. The maximum atomic E-state index is 12.6. The van der Waals surface area contributed by atoms with Crippen LogP contribution in [0.3, 0.4) is 0 Å². The average Bonchev–Trinajstić information content (AvgIpc) is 2.53. The van der Waals surface area contributed by atoms with Crippen LogP contribution in [0.1, 0.15) is 16.8 Å². The van der Waals surface area contributed by atoms with Crippen molar-refractivity contribution in [3.63, 3.8) is 0 Å². The largest absolute Gasteiger partial charge is 1.00 e. The van der Waals surface area contributed by atoms with Crippen molar-refractivity contribution < 1.29 is 71.2 Å². The molecule has 1 N–H and O–H groups in total. The van der Waals surface area contributed by atoms with Crippen molar-refractivity contribution in [3.8, 4) is 0 Å². The number of hydrogen-bond donors (Lipinski definition) is 1. The van der Waals surface area contributed by atoms with Gasteiger partial charge in [0, 0.05) is 35.6 Å². The zero-order valence-corrected chi connectivity index (χ0v) is 17.1. The van der Waals surface area contributed by atoms with Crippen LogP contribution in [0.2, 0.25) is 5.02 Å². The predicted octanol–water partition coefficient (Wildman–Crippen LogP) is -1.93. The Balaban J connectivity index is 0.00000208. The summed E-state index contributed by atoms with van der Waals surface area (Å²) in [5.74, 6) is -2.39. The Bertz CT molecular complexity index is 782. The van der Waals surface area contributed by atoms with E-state index in [0.717, 1.165) is 10.8 Å².